The van der Waals surface area contributed by atoms with Crippen LogP contribution in [-0.2, 0) is 11.2 Å². The second-order valence-electron chi connectivity index (χ2n) is 8.23. The van der Waals surface area contributed by atoms with Gasteiger partial charge in [0, 0.05) is 31.6 Å². The monoisotopic (exact) mass is 370 g/mol. The van der Waals surface area contributed by atoms with E-state index in [-0.39, 0.29) is 11.8 Å². The lowest BCUT2D eigenvalue weighted by Crippen LogP contribution is -2.47. The van der Waals surface area contributed by atoms with E-state index in [0.717, 1.165) is 57.5 Å². The van der Waals surface area contributed by atoms with Crippen LogP contribution >= 0.6 is 0 Å². The third-order valence-electron chi connectivity index (χ3n) is 5.52. The minimum absolute atomic E-state index is 0.144. The summed E-state index contributed by atoms with van der Waals surface area (Å²) < 4.78 is 0. The van der Waals surface area contributed by atoms with Crippen molar-refractivity contribution < 1.29 is 4.79 Å². The number of carbonyl (C=O) groups is 1. The van der Waals surface area contributed by atoms with E-state index in [4.69, 9.17) is 0 Å². The molecule has 0 aliphatic heterocycles. The minimum Gasteiger partial charge on any atom is -0.356 e. The van der Waals surface area contributed by atoms with Crippen molar-refractivity contribution in [2.45, 2.75) is 70.9 Å². The molecule has 0 heterocycles. The highest BCUT2D eigenvalue weighted by Gasteiger charge is 2.31. The van der Waals surface area contributed by atoms with Crippen LogP contribution in [0.5, 0.6) is 0 Å². The maximum atomic E-state index is 12.3. The average Bonchev–Trinajstić information content (AvgIpc) is 3.44. The fourth-order valence-electron chi connectivity index (χ4n) is 4.03. The Morgan fingerprint density at radius 1 is 1.04 bits per heavy atom. The normalized spacial score (nSPS) is 23.0. The molecule has 2 aliphatic carbocycles. The van der Waals surface area contributed by atoms with E-state index in [1.54, 1.807) is 0 Å². The lowest BCUT2D eigenvalue weighted by atomic mass is 9.85. The summed E-state index contributed by atoms with van der Waals surface area (Å²) in [6, 6.07) is 7.46. The lowest BCUT2D eigenvalue weighted by molar-refractivity contribution is -0.126. The van der Waals surface area contributed by atoms with Crippen molar-refractivity contribution in [3.63, 3.8) is 0 Å². The maximum absolute atomic E-state index is 12.3. The summed E-state index contributed by atoms with van der Waals surface area (Å²) in [5.41, 5.74) is 3.97. The number of rotatable bonds is 6. The molecule has 1 aromatic carbocycles. The van der Waals surface area contributed by atoms with E-state index >= 15 is 0 Å². The molecule has 2 saturated carbocycles. The molecule has 0 saturated heterocycles. The molecular weight excluding hydrogens is 336 g/mol. The van der Waals surface area contributed by atoms with Crippen LogP contribution < -0.4 is 16.0 Å². The number of amides is 1. The molecule has 0 spiro atoms. The van der Waals surface area contributed by atoms with Crippen LogP contribution in [0, 0.1) is 19.8 Å². The number of nitrogens with one attached hydrogen (secondary N) is 3. The smallest absolute Gasteiger partial charge is 0.223 e. The molecule has 2 fully saturated rings. The summed E-state index contributed by atoms with van der Waals surface area (Å²) in [5.74, 6) is 1.24. The quantitative estimate of drug-likeness (QED) is 0.533. The number of aliphatic imine (C=N–C) groups is 1. The number of hydrogen-bond acceptors (Lipinski definition) is 2. The first kappa shape index (κ1) is 19.7. The Kier molecular flexibility index (Phi) is 6.75. The van der Waals surface area contributed by atoms with Gasteiger partial charge in [-0.15, -0.1) is 0 Å². The first-order chi connectivity index (χ1) is 13.0. The molecule has 27 heavy (non-hydrogen) atoms. The Hall–Kier alpha value is -2.04. The van der Waals surface area contributed by atoms with Gasteiger partial charge in [-0.3, -0.25) is 9.79 Å². The van der Waals surface area contributed by atoms with Gasteiger partial charge in [0.2, 0.25) is 5.91 Å². The zero-order valence-corrected chi connectivity index (χ0v) is 17.0. The van der Waals surface area contributed by atoms with Gasteiger partial charge in [-0.05, 0) is 57.9 Å². The summed E-state index contributed by atoms with van der Waals surface area (Å²) >= 11 is 0. The highest BCUT2D eigenvalue weighted by Crippen LogP contribution is 2.26. The van der Waals surface area contributed by atoms with Crippen molar-refractivity contribution in [2.75, 3.05) is 13.6 Å². The molecule has 0 aromatic heterocycles. The number of hydrogen-bond donors (Lipinski definition) is 3. The van der Waals surface area contributed by atoms with Crippen LogP contribution in [0.25, 0.3) is 0 Å². The maximum Gasteiger partial charge on any atom is 0.223 e. The molecule has 1 aromatic rings. The fourth-order valence-corrected chi connectivity index (χ4v) is 4.03. The van der Waals surface area contributed by atoms with Crippen LogP contribution in [0.4, 0.5) is 0 Å². The fraction of sp³-hybridized carbons (Fsp3) is 0.636. The molecule has 3 N–H and O–H groups in total. The van der Waals surface area contributed by atoms with Gasteiger partial charge in [0.15, 0.2) is 5.96 Å². The minimum atomic E-state index is 0.144. The molecule has 0 bridgehead atoms. The van der Waals surface area contributed by atoms with Crippen molar-refractivity contribution >= 4 is 11.9 Å². The number of benzene rings is 1. The van der Waals surface area contributed by atoms with E-state index in [1.165, 1.54) is 16.7 Å². The number of nitrogens with zero attached hydrogens (tertiary/aromatic N) is 1. The van der Waals surface area contributed by atoms with Gasteiger partial charge in [0.25, 0.3) is 0 Å². The second-order valence-corrected chi connectivity index (χ2v) is 8.23. The van der Waals surface area contributed by atoms with Crippen molar-refractivity contribution in [3.05, 3.63) is 34.9 Å². The molecule has 0 radical (unpaired) electrons. The molecule has 5 nitrogen and oxygen atoms in total. The number of guanidine groups is 1. The topological polar surface area (TPSA) is 65.5 Å². The van der Waals surface area contributed by atoms with Crippen molar-refractivity contribution in [1.82, 2.24) is 16.0 Å². The highest BCUT2D eigenvalue weighted by atomic mass is 16.2. The molecule has 2 unspecified atom stereocenters. The van der Waals surface area contributed by atoms with Crippen molar-refractivity contribution in [1.29, 1.82) is 0 Å². The first-order valence-corrected chi connectivity index (χ1v) is 10.4. The Bertz CT molecular complexity index is 661. The van der Waals surface area contributed by atoms with Gasteiger partial charge < -0.3 is 16.0 Å². The largest absolute Gasteiger partial charge is 0.356 e. The van der Waals surface area contributed by atoms with Gasteiger partial charge in [0.05, 0.1) is 0 Å². The van der Waals surface area contributed by atoms with E-state index in [9.17, 15) is 4.79 Å². The average molecular weight is 371 g/mol. The van der Waals surface area contributed by atoms with Crippen LogP contribution in [0.15, 0.2) is 23.2 Å². The lowest BCUT2D eigenvalue weighted by Gasteiger charge is -2.30. The zero-order chi connectivity index (χ0) is 19.2. The summed E-state index contributed by atoms with van der Waals surface area (Å²) in [4.78, 5) is 16.7. The zero-order valence-electron chi connectivity index (χ0n) is 17.0. The predicted octanol–water partition coefficient (Wildman–Crippen LogP) is 2.85. The summed E-state index contributed by atoms with van der Waals surface area (Å²) in [5, 5.41) is 10.1. The molecule has 3 rings (SSSR count). The van der Waals surface area contributed by atoms with Gasteiger partial charge in [-0.25, -0.2) is 0 Å². The van der Waals surface area contributed by atoms with E-state index in [0.29, 0.717) is 12.1 Å². The summed E-state index contributed by atoms with van der Waals surface area (Å²) in [6.45, 7) is 5.13. The Labute approximate surface area is 163 Å². The molecule has 5 heteroatoms. The van der Waals surface area contributed by atoms with E-state index in [2.05, 4.69) is 53.0 Å². The molecule has 2 atom stereocenters. The van der Waals surface area contributed by atoms with Gasteiger partial charge in [-0.1, -0.05) is 35.7 Å². The standard InChI is InChI=1S/C22H34N4O/c1-15-11-16(2)13-17(12-15)9-10-24-22(23-3)26-20-6-4-5-18(14-20)21(27)25-19-7-8-19/h11-13,18-20H,4-10,14H2,1-3H3,(H,25,27)(H2,23,24,26). The molecule has 2 aliphatic rings. The van der Waals surface area contributed by atoms with Gasteiger partial charge >= 0.3 is 0 Å². The summed E-state index contributed by atoms with van der Waals surface area (Å²) in [6.07, 6.45) is 7.38. The third kappa shape index (κ3) is 6.26. The van der Waals surface area contributed by atoms with Crippen molar-refractivity contribution in [3.8, 4) is 0 Å². The Morgan fingerprint density at radius 3 is 2.44 bits per heavy atom. The Balaban J connectivity index is 1.44. The number of carbonyl (C=O) groups excluding carboxylic acids is 1. The van der Waals surface area contributed by atoms with E-state index in [1.807, 2.05) is 7.05 Å². The Morgan fingerprint density at radius 2 is 1.78 bits per heavy atom. The molecule has 1 amide bonds. The van der Waals surface area contributed by atoms with Crippen LogP contribution in [-0.4, -0.2) is 37.5 Å². The van der Waals surface area contributed by atoms with Crippen LogP contribution in [0.3, 0.4) is 0 Å². The van der Waals surface area contributed by atoms with Gasteiger partial charge in [-0.2, -0.15) is 0 Å². The van der Waals surface area contributed by atoms with Crippen LogP contribution in [0.1, 0.15) is 55.2 Å². The number of aryl methyl sites for hydroxylation is 2. The van der Waals surface area contributed by atoms with E-state index < -0.39 is 0 Å². The third-order valence-corrected chi connectivity index (χ3v) is 5.52. The van der Waals surface area contributed by atoms with Crippen LogP contribution in [0.2, 0.25) is 0 Å². The SMILES string of the molecule is CN=C(NCCc1cc(C)cc(C)c1)NC1CCCC(C(=O)NC2CC2)C1. The molecule has 148 valence electrons. The predicted molar refractivity (Wildman–Crippen MR) is 111 cm³/mol. The summed E-state index contributed by atoms with van der Waals surface area (Å²) in [7, 11) is 1.81. The second kappa shape index (κ2) is 9.25. The first-order valence-electron chi connectivity index (χ1n) is 10.4. The van der Waals surface area contributed by atoms with Gasteiger partial charge in [0.1, 0.15) is 0 Å². The van der Waals surface area contributed by atoms with Crippen molar-refractivity contribution in [2.24, 2.45) is 10.9 Å². The molecular formula is C22H34N4O. The highest BCUT2D eigenvalue weighted by molar-refractivity contribution is 5.81.